The summed E-state index contributed by atoms with van der Waals surface area (Å²) >= 11 is 0. The Labute approximate surface area is 187 Å². The van der Waals surface area contributed by atoms with E-state index in [0.717, 1.165) is 30.9 Å². The summed E-state index contributed by atoms with van der Waals surface area (Å²) < 4.78 is 13.7. The zero-order valence-electron chi connectivity index (χ0n) is 18.3. The summed E-state index contributed by atoms with van der Waals surface area (Å²) in [5.41, 5.74) is 2.49. The number of hydrogen-bond acceptors (Lipinski definition) is 5. The monoisotopic (exact) mass is 443 g/mol. The third kappa shape index (κ3) is 6.03. The second kappa shape index (κ2) is 11.0. The summed E-state index contributed by atoms with van der Waals surface area (Å²) in [7, 11) is 0. The van der Waals surface area contributed by atoms with E-state index in [2.05, 4.69) is 16.4 Å². The lowest BCUT2D eigenvalue weighted by atomic mass is 10.00. The number of fused-ring (bicyclic) bond motifs is 1. The number of carboxylic acids is 1. The van der Waals surface area contributed by atoms with E-state index in [1.54, 1.807) is 13.0 Å². The Balaban J connectivity index is 1.63. The third-order valence-corrected chi connectivity index (χ3v) is 5.75. The van der Waals surface area contributed by atoms with Gasteiger partial charge in [0.05, 0.1) is 12.5 Å². The second-order valence-corrected chi connectivity index (χ2v) is 8.04. The predicted octanol–water partition coefficient (Wildman–Crippen LogP) is 3.33. The summed E-state index contributed by atoms with van der Waals surface area (Å²) in [6.45, 7) is 2.82. The molecule has 0 aliphatic carbocycles. The van der Waals surface area contributed by atoms with Crippen molar-refractivity contribution in [3.05, 3.63) is 59.0 Å². The summed E-state index contributed by atoms with van der Waals surface area (Å²) in [6.07, 6.45) is 1.86. The lowest BCUT2D eigenvalue weighted by Gasteiger charge is -2.32. The van der Waals surface area contributed by atoms with Crippen LogP contribution in [0.5, 0.6) is 0 Å². The lowest BCUT2D eigenvalue weighted by Crippen LogP contribution is -2.42. The molecule has 172 valence electrons. The van der Waals surface area contributed by atoms with Crippen LogP contribution in [0.15, 0.2) is 36.4 Å². The Kier molecular flexibility index (Phi) is 8.16. The maximum atomic E-state index is 13.7. The highest BCUT2D eigenvalue weighted by Gasteiger charge is 2.30. The van der Waals surface area contributed by atoms with Crippen molar-refractivity contribution in [1.82, 2.24) is 9.88 Å². The molecular weight excluding hydrogens is 413 g/mol. The fourth-order valence-electron chi connectivity index (χ4n) is 4.12. The minimum atomic E-state index is -1.27. The number of aliphatic hydroxyl groups is 1. The fourth-order valence-corrected chi connectivity index (χ4v) is 4.12. The number of nitrogens with one attached hydrogen (secondary N) is 1. The summed E-state index contributed by atoms with van der Waals surface area (Å²) in [5, 5.41) is 23.1. The number of benzene rings is 1. The molecule has 0 radical (unpaired) electrons. The van der Waals surface area contributed by atoms with E-state index in [9.17, 15) is 24.2 Å². The quantitative estimate of drug-likeness (QED) is 0.521. The molecule has 3 rings (SSSR count). The van der Waals surface area contributed by atoms with Crippen LogP contribution in [-0.2, 0) is 22.4 Å². The molecule has 1 aliphatic heterocycles. The van der Waals surface area contributed by atoms with E-state index in [1.807, 2.05) is 6.07 Å². The molecule has 0 saturated heterocycles. The standard InChI is InChI=1S/C24H30FN3O4/c1-2-28(20(15-22(30)31)17-6-3-8-18(25)14-17)24(32)21(29)10-4-9-19-12-11-16-7-5-13-26-23(16)27-19/h3,6,8,11-12,14,20-21,29H,2,4-5,7,9-10,13,15H2,1H3,(H,26,27)(H,30,31)/t20-,21+/m0/s1. The molecule has 0 saturated carbocycles. The number of carboxylic acid groups (broad SMARTS) is 1. The van der Waals surface area contributed by atoms with Gasteiger partial charge >= 0.3 is 5.97 Å². The summed E-state index contributed by atoms with van der Waals surface area (Å²) in [4.78, 5) is 30.3. The van der Waals surface area contributed by atoms with Crippen LogP contribution in [0.2, 0.25) is 0 Å². The van der Waals surface area contributed by atoms with E-state index in [-0.39, 0.29) is 19.4 Å². The molecule has 0 spiro atoms. The van der Waals surface area contributed by atoms with Crippen molar-refractivity contribution >= 4 is 17.7 Å². The van der Waals surface area contributed by atoms with Crippen LogP contribution in [0.1, 0.15) is 55.5 Å². The Morgan fingerprint density at radius 1 is 1.28 bits per heavy atom. The van der Waals surface area contributed by atoms with Gasteiger partial charge in [-0.25, -0.2) is 9.37 Å². The molecule has 1 aliphatic rings. The van der Waals surface area contributed by atoms with E-state index >= 15 is 0 Å². The molecular formula is C24H30FN3O4. The maximum Gasteiger partial charge on any atom is 0.305 e. The lowest BCUT2D eigenvalue weighted by molar-refractivity contribution is -0.146. The van der Waals surface area contributed by atoms with Gasteiger partial charge < -0.3 is 20.4 Å². The number of aromatic nitrogens is 1. The maximum absolute atomic E-state index is 13.7. The van der Waals surface area contributed by atoms with Gasteiger partial charge in [0, 0.05) is 18.8 Å². The molecule has 7 nitrogen and oxygen atoms in total. The van der Waals surface area contributed by atoms with Gasteiger partial charge in [0.25, 0.3) is 5.91 Å². The van der Waals surface area contributed by atoms with Crippen LogP contribution in [0, 0.1) is 5.82 Å². The summed E-state index contributed by atoms with van der Waals surface area (Å²) in [5.74, 6) is -1.25. The molecule has 0 fully saturated rings. The first-order valence-corrected chi connectivity index (χ1v) is 11.1. The average molecular weight is 444 g/mol. The third-order valence-electron chi connectivity index (χ3n) is 5.75. The van der Waals surface area contributed by atoms with Gasteiger partial charge in [-0.05, 0) is 68.4 Å². The van der Waals surface area contributed by atoms with Gasteiger partial charge in [-0.15, -0.1) is 0 Å². The number of likely N-dealkylation sites (N-methyl/N-ethyl adjacent to an activating group) is 1. The van der Waals surface area contributed by atoms with Gasteiger partial charge in [-0.3, -0.25) is 9.59 Å². The SMILES string of the molecule is CCN(C(=O)[C@H](O)CCCc1ccc2c(n1)NCCC2)[C@@H](CC(=O)O)c1cccc(F)c1. The molecule has 1 aromatic heterocycles. The largest absolute Gasteiger partial charge is 0.481 e. The zero-order chi connectivity index (χ0) is 23.1. The number of hydrogen-bond donors (Lipinski definition) is 3. The minimum Gasteiger partial charge on any atom is -0.481 e. The molecule has 1 aromatic carbocycles. The highest BCUT2D eigenvalue weighted by molar-refractivity contribution is 5.82. The number of anilines is 1. The second-order valence-electron chi connectivity index (χ2n) is 8.04. The highest BCUT2D eigenvalue weighted by Crippen LogP contribution is 2.27. The smallest absolute Gasteiger partial charge is 0.305 e. The number of carbonyl (C=O) groups is 2. The minimum absolute atomic E-state index is 0.197. The number of aryl methyl sites for hydroxylation is 2. The van der Waals surface area contributed by atoms with E-state index in [0.29, 0.717) is 18.4 Å². The molecule has 0 unspecified atom stereocenters. The van der Waals surface area contributed by atoms with Gasteiger partial charge in [0.2, 0.25) is 0 Å². The van der Waals surface area contributed by atoms with E-state index in [4.69, 9.17) is 0 Å². The van der Waals surface area contributed by atoms with Crippen LogP contribution in [0.25, 0.3) is 0 Å². The normalized spacial score (nSPS) is 14.7. The van der Waals surface area contributed by atoms with Gasteiger partial charge in [-0.1, -0.05) is 18.2 Å². The first-order valence-electron chi connectivity index (χ1n) is 11.1. The Morgan fingerprint density at radius 3 is 2.81 bits per heavy atom. The number of nitrogens with zero attached hydrogens (tertiary/aromatic N) is 2. The number of carbonyl (C=O) groups excluding carboxylic acids is 1. The molecule has 1 amide bonds. The topological polar surface area (TPSA) is 103 Å². The number of pyridine rings is 1. The van der Waals surface area contributed by atoms with Crippen molar-refractivity contribution in [2.45, 2.75) is 57.6 Å². The van der Waals surface area contributed by atoms with Crippen LogP contribution in [-0.4, -0.2) is 51.2 Å². The Bertz CT molecular complexity index is 953. The van der Waals surface area contributed by atoms with Crippen LogP contribution in [0.4, 0.5) is 10.2 Å². The number of halogens is 1. The predicted molar refractivity (Wildman–Crippen MR) is 119 cm³/mol. The first kappa shape index (κ1) is 23.7. The highest BCUT2D eigenvalue weighted by atomic mass is 19.1. The van der Waals surface area contributed by atoms with Crippen molar-refractivity contribution in [3.8, 4) is 0 Å². The van der Waals surface area contributed by atoms with Crippen LogP contribution >= 0.6 is 0 Å². The number of amides is 1. The van der Waals surface area contributed by atoms with Crippen molar-refractivity contribution in [1.29, 1.82) is 0 Å². The first-order chi connectivity index (χ1) is 15.4. The van der Waals surface area contributed by atoms with Gasteiger partial charge in [0.15, 0.2) is 0 Å². The van der Waals surface area contributed by atoms with Crippen molar-refractivity contribution in [3.63, 3.8) is 0 Å². The number of aliphatic hydroxyl groups excluding tert-OH is 1. The number of rotatable bonds is 10. The van der Waals surface area contributed by atoms with Crippen molar-refractivity contribution in [2.24, 2.45) is 0 Å². The molecule has 2 heterocycles. The number of aliphatic carboxylic acids is 1. The molecule has 3 N–H and O–H groups in total. The zero-order valence-corrected chi connectivity index (χ0v) is 18.3. The van der Waals surface area contributed by atoms with E-state index in [1.165, 1.54) is 28.7 Å². The van der Waals surface area contributed by atoms with E-state index < -0.39 is 29.8 Å². The van der Waals surface area contributed by atoms with Crippen LogP contribution in [0.3, 0.4) is 0 Å². The molecule has 0 bridgehead atoms. The van der Waals surface area contributed by atoms with Crippen LogP contribution < -0.4 is 5.32 Å². The summed E-state index contributed by atoms with van der Waals surface area (Å²) in [6, 6.07) is 8.75. The van der Waals surface area contributed by atoms with Crippen molar-refractivity contribution < 1.29 is 24.2 Å². The molecule has 2 atom stereocenters. The van der Waals surface area contributed by atoms with Gasteiger partial charge in [-0.2, -0.15) is 0 Å². The average Bonchev–Trinajstić information content (AvgIpc) is 2.78. The molecule has 8 heteroatoms. The van der Waals surface area contributed by atoms with Crippen molar-refractivity contribution in [2.75, 3.05) is 18.4 Å². The molecule has 32 heavy (non-hydrogen) atoms. The fraction of sp³-hybridized carbons (Fsp3) is 0.458. The Hall–Kier alpha value is -3.00. The molecule has 2 aromatic rings. The Morgan fingerprint density at radius 2 is 2.09 bits per heavy atom. The van der Waals surface area contributed by atoms with Gasteiger partial charge in [0.1, 0.15) is 17.7 Å².